The van der Waals surface area contributed by atoms with Crippen LogP contribution in [0.4, 0.5) is 0 Å². The number of aromatic nitrogens is 1. The first-order chi connectivity index (χ1) is 12.0. The predicted molar refractivity (Wildman–Crippen MR) is 93.3 cm³/mol. The number of benzene rings is 1. The number of rotatable bonds is 9. The van der Waals surface area contributed by atoms with E-state index in [9.17, 15) is 9.59 Å². The molecule has 2 rings (SSSR count). The van der Waals surface area contributed by atoms with Crippen molar-refractivity contribution in [2.75, 3.05) is 19.8 Å². The van der Waals surface area contributed by atoms with Crippen LogP contribution in [-0.2, 0) is 4.74 Å². The Balaban J connectivity index is 2.03. The van der Waals surface area contributed by atoms with Crippen molar-refractivity contribution >= 4 is 11.8 Å². The SMILES string of the molecule is CCOc1cc(C(=O)OCC(=O)c2ccc[nH]2)ccc1OCC(C)C. The molecule has 0 aliphatic heterocycles. The number of nitrogens with one attached hydrogen (secondary N) is 1. The van der Waals surface area contributed by atoms with Crippen LogP contribution in [0.5, 0.6) is 11.5 Å². The first kappa shape index (κ1) is 18.6. The minimum Gasteiger partial charge on any atom is -0.490 e. The lowest BCUT2D eigenvalue weighted by Gasteiger charge is -2.14. The Bertz CT molecular complexity index is 707. The van der Waals surface area contributed by atoms with Gasteiger partial charge in [-0.1, -0.05) is 13.8 Å². The van der Waals surface area contributed by atoms with Crippen LogP contribution in [-0.4, -0.2) is 36.6 Å². The number of ether oxygens (including phenoxy) is 3. The number of aromatic amines is 1. The molecule has 0 spiro atoms. The number of H-pyrrole nitrogens is 1. The van der Waals surface area contributed by atoms with Gasteiger partial charge in [-0.2, -0.15) is 0 Å². The van der Waals surface area contributed by atoms with Crippen molar-refractivity contribution in [3.05, 3.63) is 47.8 Å². The molecule has 1 aromatic carbocycles. The summed E-state index contributed by atoms with van der Waals surface area (Å²) in [5.74, 6) is 0.553. The van der Waals surface area contributed by atoms with Gasteiger partial charge in [0.15, 0.2) is 18.1 Å². The highest BCUT2D eigenvalue weighted by molar-refractivity contribution is 5.98. The van der Waals surface area contributed by atoms with E-state index in [-0.39, 0.29) is 12.4 Å². The van der Waals surface area contributed by atoms with E-state index in [0.29, 0.717) is 41.9 Å². The molecule has 6 heteroatoms. The Morgan fingerprint density at radius 2 is 1.92 bits per heavy atom. The lowest BCUT2D eigenvalue weighted by molar-refractivity contribution is 0.0473. The molecule has 0 aliphatic carbocycles. The van der Waals surface area contributed by atoms with Crippen LogP contribution in [0.3, 0.4) is 0 Å². The monoisotopic (exact) mass is 345 g/mol. The molecule has 0 amide bonds. The van der Waals surface area contributed by atoms with Crippen molar-refractivity contribution in [1.82, 2.24) is 4.98 Å². The van der Waals surface area contributed by atoms with E-state index in [1.807, 2.05) is 20.8 Å². The second-order valence-electron chi connectivity index (χ2n) is 5.88. The molecule has 2 aromatic rings. The summed E-state index contributed by atoms with van der Waals surface area (Å²) in [6.07, 6.45) is 1.64. The van der Waals surface area contributed by atoms with Gasteiger partial charge in [0, 0.05) is 6.20 Å². The van der Waals surface area contributed by atoms with Crippen molar-refractivity contribution < 1.29 is 23.8 Å². The third-order valence-corrected chi connectivity index (χ3v) is 3.28. The first-order valence-corrected chi connectivity index (χ1v) is 8.24. The van der Waals surface area contributed by atoms with Crippen molar-refractivity contribution in [1.29, 1.82) is 0 Å². The molecule has 134 valence electrons. The van der Waals surface area contributed by atoms with Crippen LogP contribution in [0.2, 0.25) is 0 Å². The minimum atomic E-state index is -0.587. The van der Waals surface area contributed by atoms with Crippen LogP contribution < -0.4 is 9.47 Å². The maximum absolute atomic E-state index is 12.2. The molecule has 0 unspecified atom stereocenters. The Morgan fingerprint density at radius 1 is 1.12 bits per heavy atom. The van der Waals surface area contributed by atoms with E-state index in [1.54, 1.807) is 36.5 Å². The van der Waals surface area contributed by atoms with Gasteiger partial charge in [-0.3, -0.25) is 4.79 Å². The normalized spacial score (nSPS) is 10.6. The second-order valence-corrected chi connectivity index (χ2v) is 5.88. The fourth-order valence-electron chi connectivity index (χ4n) is 2.07. The molecule has 1 aromatic heterocycles. The number of Topliss-reactive ketones (excluding diaryl/α,β-unsaturated/α-hetero) is 1. The summed E-state index contributed by atoms with van der Waals surface area (Å²) in [5.41, 5.74) is 0.708. The molecule has 25 heavy (non-hydrogen) atoms. The van der Waals surface area contributed by atoms with Gasteiger partial charge in [-0.05, 0) is 43.2 Å². The van der Waals surface area contributed by atoms with Gasteiger partial charge in [-0.25, -0.2) is 4.79 Å². The van der Waals surface area contributed by atoms with Crippen LogP contribution in [0.1, 0.15) is 41.6 Å². The van der Waals surface area contributed by atoms with Crippen molar-refractivity contribution in [3.8, 4) is 11.5 Å². The zero-order valence-electron chi connectivity index (χ0n) is 14.7. The molecule has 0 fully saturated rings. The zero-order chi connectivity index (χ0) is 18.2. The molecular formula is C19H23NO5. The molecule has 0 radical (unpaired) electrons. The Hall–Kier alpha value is -2.76. The Labute approximate surface area is 147 Å². The van der Waals surface area contributed by atoms with Gasteiger partial charge in [0.25, 0.3) is 0 Å². The fraction of sp³-hybridized carbons (Fsp3) is 0.368. The maximum atomic E-state index is 12.2. The van der Waals surface area contributed by atoms with Gasteiger partial charge in [0.2, 0.25) is 5.78 Å². The lowest BCUT2D eigenvalue weighted by atomic mass is 10.2. The average molecular weight is 345 g/mol. The van der Waals surface area contributed by atoms with Crippen molar-refractivity contribution in [2.24, 2.45) is 5.92 Å². The molecular weight excluding hydrogens is 322 g/mol. The van der Waals surface area contributed by atoms with Gasteiger partial charge in [-0.15, -0.1) is 0 Å². The standard InChI is InChI=1S/C19H23NO5/c1-4-23-18-10-14(7-8-17(18)24-11-13(2)3)19(22)25-12-16(21)15-6-5-9-20-15/h5-10,13,20H,4,11-12H2,1-3H3. The van der Waals surface area contributed by atoms with E-state index in [0.717, 1.165) is 0 Å². The van der Waals surface area contributed by atoms with E-state index < -0.39 is 5.97 Å². The molecule has 0 atom stereocenters. The summed E-state index contributed by atoms with van der Waals surface area (Å²) in [6.45, 7) is 6.62. The highest BCUT2D eigenvalue weighted by Gasteiger charge is 2.15. The van der Waals surface area contributed by atoms with Gasteiger partial charge in [0.1, 0.15) is 0 Å². The van der Waals surface area contributed by atoms with Gasteiger partial charge < -0.3 is 19.2 Å². The van der Waals surface area contributed by atoms with E-state index in [1.165, 1.54) is 0 Å². The number of hydrogen-bond donors (Lipinski definition) is 1. The average Bonchev–Trinajstić information content (AvgIpc) is 3.13. The highest BCUT2D eigenvalue weighted by atomic mass is 16.5. The maximum Gasteiger partial charge on any atom is 0.338 e. The lowest BCUT2D eigenvalue weighted by Crippen LogP contribution is -2.15. The molecule has 0 saturated heterocycles. The summed E-state index contributed by atoms with van der Waals surface area (Å²) >= 11 is 0. The molecule has 0 bridgehead atoms. The fourth-order valence-corrected chi connectivity index (χ4v) is 2.07. The summed E-state index contributed by atoms with van der Waals surface area (Å²) < 4.78 is 16.3. The summed E-state index contributed by atoms with van der Waals surface area (Å²) in [6, 6.07) is 8.18. The number of carbonyl (C=O) groups is 2. The minimum absolute atomic E-state index is 0.291. The predicted octanol–water partition coefficient (Wildman–Crippen LogP) is 3.49. The first-order valence-electron chi connectivity index (χ1n) is 8.24. The third kappa shape index (κ3) is 5.38. The zero-order valence-corrected chi connectivity index (χ0v) is 14.7. The summed E-state index contributed by atoms with van der Waals surface area (Å²) in [5, 5.41) is 0. The largest absolute Gasteiger partial charge is 0.490 e. The van der Waals surface area contributed by atoms with Crippen LogP contribution in [0.25, 0.3) is 0 Å². The summed E-state index contributed by atoms with van der Waals surface area (Å²) in [4.78, 5) is 26.8. The third-order valence-electron chi connectivity index (χ3n) is 3.28. The van der Waals surface area contributed by atoms with Crippen LogP contribution in [0, 0.1) is 5.92 Å². The van der Waals surface area contributed by atoms with Crippen molar-refractivity contribution in [2.45, 2.75) is 20.8 Å². The number of esters is 1. The van der Waals surface area contributed by atoms with E-state index in [4.69, 9.17) is 14.2 Å². The van der Waals surface area contributed by atoms with Crippen LogP contribution in [0.15, 0.2) is 36.5 Å². The Kier molecular flexibility index (Phi) is 6.62. The number of ketones is 1. The molecule has 1 heterocycles. The van der Waals surface area contributed by atoms with Gasteiger partial charge in [0.05, 0.1) is 24.5 Å². The van der Waals surface area contributed by atoms with E-state index in [2.05, 4.69) is 4.98 Å². The van der Waals surface area contributed by atoms with Gasteiger partial charge >= 0.3 is 5.97 Å². The summed E-state index contributed by atoms with van der Waals surface area (Å²) in [7, 11) is 0. The second kappa shape index (κ2) is 8.92. The van der Waals surface area contributed by atoms with Crippen LogP contribution >= 0.6 is 0 Å². The molecule has 0 aliphatic rings. The number of hydrogen-bond acceptors (Lipinski definition) is 5. The molecule has 1 N–H and O–H groups in total. The number of carbonyl (C=O) groups excluding carboxylic acids is 2. The topological polar surface area (TPSA) is 77.6 Å². The van der Waals surface area contributed by atoms with Crippen molar-refractivity contribution in [3.63, 3.8) is 0 Å². The van der Waals surface area contributed by atoms with E-state index >= 15 is 0 Å². The molecule has 6 nitrogen and oxygen atoms in total. The highest BCUT2D eigenvalue weighted by Crippen LogP contribution is 2.29. The quantitative estimate of drug-likeness (QED) is 0.556. The Morgan fingerprint density at radius 3 is 2.56 bits per heavy atom. The smallest absolute Gasteiger partial charge is 0.338 e. The molecule has 0 saturated carbocycles.